The van der Waals surface area contributed by atoms with Crippen LogP contribution < -0.4 is 5.32 Å². The molecule has 1 amide bonds. The van der Waals surface area contributed by atoms with Crippen LogP contribution in [0.5, 0.6) is 0 Å². The van der Waals surface area contributed by atoms with Crippen LogP contribution in [0.3, 0.4) is 0 Å². The number of rotatable bonds is 6. The lowest BCUT2D eigenvalue weighted by Crippen LogP contribution is -2.30. The van der Waals surface area contributed by atoms with Crippen LogP contribution in [0.25, 0.3) is 0 Å². The standard InChI is InChI=1S/C23H26BrN3O/c1-3-25-13-17(2)23(28)26-14-18-7-9-19(10-8-18)15-27-12-11-21-20(16-27)5-4-6-22(21)24/h3-10,13H,11-12,14-16H2,1-2H3,(H,26,28)/b17-13+,25-3?. The number of hydrogen-bond donors (Lipinski definition) is 1. The molecule has 1 heterocycles. The van der Waals surface area contributed by atoms with Gasteiger partial charge in [0.2, 0.25) is 5.91 Å². The molecular weight excluding hydrogens is 414 g/mol. The van der Waals surface area contributed by atoms with E-state index in [9.17, 15) is 4.79 Å². The van der Waals surface area contributed by atoms with Gasteiger partial charge in [0.25, 0.3) is 0 Å². The lowest BCUT2D eigenvalue weighted by Gasteiger charge is -2.29. The second kappa shape index (κ2) is 9.80. The highest BCUT2D eigenvalue weighted by Gasteiger charge is 2.17. The first kappa shape index (κ1) is 20.5. The van der Waals surface area contributed by atoms with Crippen molar-refractivity contribution in [3.63, 3.8) is 0 Å². The monoisotopic (exact) mass is 439 g/mol. The summed E-state index contributed by atoms with van der Waals surface area (Å²) in [4.78, 5) is 18.5. The molecule has 0 fully saturated rings. The van der Waals surface area contributed by atoms with Crippen molar-refractivity contribution in [2.45, 2.75) is 39.9 Å². The number of hydrogen-bond acceptors (Lipinski definition) is 3. The molecule has 3 rings (SSSR count). The zero-order valence-electron chi connectivity index (χ0n) is 16.4. The van der Waals surface area contributed by atoms with Gasteiger partial charge in [-0.3, -0.25) is 14.7 Å². The van der Waals surface area contributed by atoms with E-state index in [1.54, 1.807) is 19.3 Å². The average Bonchev–Trinajstić information content (AvgIpc) is 2.71. The zero-order chi connectivity index (χ0) is 19.9. The van der Waals surface area contributed by atoms with E-state index in [4.69, 9.17) is 0 Å². The zero-order valence-corrected chi connectivity index (χ0v) is 18.0. The van der Waals surface area contributed by atoms with Crippen LogP contribution in [0.2, 0.25) is 0 Å². The van der Waals surface area contributed by atoms with E-state index in [0.717, 1.165) is 31.6 Å². The second-order valence-corrected chi connectivity index (χ2v) is 7.91. The number of aliphatic imine (C=N–C) groups is 1. The van der Waals surface area contributed by atoms with Crippen LogP contribution >= 0.6 is 15.9 Å². The summed E-state index contributed by atoms with van der Waals surface area (Å²) in [6, 6.07) is 15.0. The molecular formula is C23H26BrN3O. The lowest BCUT2D eigenvalue weighted by atomic mass is 9.99. The SMILES string of the molecule is CC=N/C=C(\C)C(=O)NCc1ccc(CN2CCc3c(Br)cccc3C2)cc1. The molecule has 0 aliphatic carbocycles. The highest BCUT2D eigenvalue weighted by atomic mass is 79.9. The quantitative estimate of drug-likeness (QED) is 0.527. The van der Waals surface area contributed by atoms with E-state index >= 15 is 0 Å². The molecule has 0 atom stereocenters. The lowest BCUT2D eigenvalue weighted by molar-refractivity contribution is -0.117. The van der Waals surface area contributed by atoms with Gasteiger partial charge >= 0.3 is 0 Å². The number of carbonyl (C=O) groups excluding carboxylic acids is 1. The Morgan fingerprint density at radius 3 is 2.71 bits per heavy atom. The van der Waals surface area contributed by atoms with Gasteiger partial charge in [0.15, 0.2) is 0 Å². The first-order valence-electron chi connectivity index (χ1n) is 9.56. The maximum absolute atomic E-state index is 12.0. The number of benzene rings is 2. The molecule has 146 valence electrons. The second-order valence-electron chi connectivity index (χ2n) is 7.06. The third kappa shape index (κ3) is 5.40. The smallest absolute Gasteiger partial charge is 0.248 e. The molecule has 2 aromatic carbocycles. The van der Waals surface area contributed by atoms with Gasteiger partial charge in [0, 0.05) is 48.6 Å². The molecule has 0 aromatic heterocycles. The first-order valence-corrected chi connectivity index (χ1v) is 10.4. The predicted molar refractivity (Wildman–Crippen MR) is 118 cm³/mol. The molecule has 1 aliphatic rings. The van der Waals surface area contributed by atoms with E-state index in [0.29, 0.717) is 12.1 Å². The molecule has 0 unspecified atom stereocenters. The van der Waals surface area contributed by atoms with E-state index in [1.807, 2.05) is 6.92 Å². The van der Waals surface area contributed by atoms with Gasteiger partial charge in [-0.25, -0.2) is 0 Å². The topological polar surface area (TPSA) is 44.7 Å². The van der Waals surface area contributed by atoms with Gasteiger partial charge in [0.1, 0.15) is 0 Å². The van der Waals surface area contributed by atoms with Crippen molar-refractivity contribution in [1.29, 1.82) is 0 Å². The summed E-state index contributed by atoms with van der Waals surface area (Å²) in [7, 11) is 0. The summed E-state index contributed by atoms with van der Waals surface area (Å²) >= 11 is 3.66. The van der Waals surface area contributed by atoms with Crippen molar-refractivity contribution in [3.8, 4) is 0 Å². The number of halogens is 1. The summed E-state index contributed by atoms with van der Waals surface area (Å²) in [5.41, 5.74) is 5.85. The van der Waals surface area contributed by atoms with E-state index in [-0.39, 0.29) is 5.91 Å². The molecule has 0 spiro atoms. The molecule has 2 aromatic rings. The highest BCUT2D eigenvalue weighted by Crippen LogP contribution is 2.27. The third-order valence-corrected chi connectivity index (χ3v) is 5.69. The molecule has 4 nitrogen and oxygen atoms in total. The van der Waals surface area contributed by atoms with Crippen LogP contribution in [-0.2, 0) is 30.8 Å². The molecule has 0 saturated heterocycles. The van der Waals surface area contributed by atoms with Gasteiger partial charge in [-0.2, -0.15) is 0 Å². The van der Waals surface area contributed by atoms with Crippen molar-refractivity contribution >= 4 is 28.1 Å². The fraction of sp³-hybridized carbons (Fsp3) is 0.304. The normalized spacial score (nSPS) is 14.9. The van der Waals surface area contributed by atoms with Crippen LogP contribution in [-0.4, -0.2) is 23.6 Å². The number of carbonyl (C=O) groups is 1. The Balaban J connectivity index is 1.53. The number of fused-ring (bicyclic) bond motifs is 1. The molecule has 0 saturated carbocycles. The number of nitrogens with zero attached hydrogens (tertiary/aromatic N) is 2. The van der Waals surface area contributed by atoms with Crippen molar-refractivity contribution in [2.75, 3.05) is 6.54 Å². The van der Waals surface area contributed by atoms with Gasteiger partial charge in [-0.15, -0.1) is 0 Å². The van der Waals surface area contributed by atoms with E-state index in [2.05, 4.69) is 73.6 Å². The fourth-order valence-corrected chi connectivity index (χ4v) is 3.95. The maximum Gasteiger partial charge on any atom is 0.248 e. The average molecular weight is 440 g/mol. The van der Waals surface area contributed by atoms with Crippen LogP contribution in [0.15, 0.2) is 63.7 Å². The first-order chi connectivity index (χ1) is 13.6. The fourth-order valence-electron chi connectivity index (χ4n) is 3.34. The van der Waals surface area contributed by atoms with Crippen molar-refractivity contribution < 1.29 is 4.79 Å². The van der Waals surface area contributed by atoms with Crippen molar-refractivity contribution in [2.24, 2.45) is 4.99 Å². The molecule has 0 bridgehead atoms. The molecule has 0 radical (unpaired) electrons. The Bertz CT molecular complexity index is 887. The van der Waals surface area contributed by atoms with Crippen LogP contribution in [0.1, 0.15) is 36.1 Å². The Kier molecular flexibility index (Phi) is 7.18. The summed E-state index contributed by atoms with van der Waals surface area (Å²) in [6.45, 7) is 7.10. The molecule has 5 heteroatoms. The molecule has 28 heavy (non-hydrogen) atoms. The largest absolute Gasteiger partial charge is 0.348 e. The summed E-state index contributed by atoms with van der Waals surface area (Å²) in [5, 5.41) is 2.93. The third-order valence-electron chi connectivity index (χ3n) is 4.95. The van der Waals surface area contributed by atoms with Gasteiger partial charge in [-0.05, 0) is 48.6 Å². The van der Waals surface area contributed by atoms with Gasteiger partial charge in [0.05, 0.1) is 0 Å². The van der Waals surface area contributed by atoms with Crippen molar-refractivity contribution in [3.05, 3.63) is 81.0 Å². The van der Waals surface area contributed by atoms with Crippen LogP contribution in [0.4, 0.5) is 0 Å². The molecule has 1 N–H and O–H groups in total. The predicted octanol–water partition coefficient (Wildman–Crippen LogP) is 4.62. The Morgan fingerprint density at radius 1 is 1.21 bits per heavy atom. The minimum Gasteiger partial charge on any atom is -0.348 e. The number of nitrogens with one attached hydrogen (secondary N) is 1. The van der Waals surface area contributed by atoms with Crippen molar-refractivity contribution in [1.82, 2.24) is 10.2 Å². The van der Waals surface area contributed by atoms with Gasteiger partial charge in [-0.1, -0.05) is 52.3 Å². The Labute approximate surface area is 175 Å². The Morgan fingerprint density at radius 2 is 1.96 bits per heavy atom. The number of amides is 1. The van der Waals surface area contributed by atoms with Crippen LogP contribution in [0, 0.1) is 0 Å². The van der Waals surface area contributed by atoms with E-state index < -0.39 is 0 Å². The minimum atomic E-state index is -0.0900. The Hall–Kier alpha value is -2.24. The molecule has 1 aliphatic heterocycles. The van der Waals surface area contributed by atoms with E-state index in [1.165, 1.54) is 21.2 Å². The summed E-state index contributed by atoms with van der Waals surface area (Å²) in [6.07, 6.45) is 4.32. The highest BCUT2D eigenvalue weighted by molar-refractivity contribution is 9.10. The summed E-state index contributed by atoms with van der Waals surface area (Å²) in [5.74, 6) is -0.0900. The van der Waals surface area contributed by atoms with Gasteiger partial charge < -0.3 is 5.32 Å². The summed E-state index contributed by atoms with van der Waals surface area (Å²) < 4.78 is 1.22. The maximum atomic E-state index is 12.0. The minimum absolute atomic E-state index is 0.0900.